The first kappa shape index (κ1) is 15.8. The van der Waals surface area contributed by atoms with Crippen molar-refractivity contribution in [3.05, 3.63) is 33.8 Å². The lowest BCUT2D eigenvalue weighted by Crippen LogP contribution is -2.32. The van der Waals surface area contributed by atoms with E-state index < -0.39 is 0 Å². The molecule has 1 aromatic carbocycles. The first-order chi connectivity index (χ1) is 8.58. The van der Waals surface area contributed by atoms with Crippen LogP contribution >= 0.6 is 23.2 Å². The van der Waals surface area contributed by atoms with Gasteiger partial charge in [0.2, 0.25) is 0 Å². The summed E-state index contributed by atoms with van der Waals surface area (Å²) in [7, 11) is 2.11. The van der Waals surface area contributed by atoms with Crippen LogP contribution < -0.4 is 0 Å². The molecule has 0 amide bonds. The molecular weight excluding hydrogens is 267 g/mol. The Bertz CT molecular complexity index is 365. The largest absolute Gasteiger partial charge is 0.303 e. The highest BCUT2D eigenvalue weighted by atomic mass is 35.5. The summed E-state index contributed by atoms with van der Waals surface area (Å²) in [6.07, 6.45) is 0. The van der Waals surface area contributed by atoms with Gasteiger partial charge < -0.3 is 9.80 Å². The van der Waals surface area contributed by atoms with Gasteiger partial charge in [0.15, 0.2) is 0 Å². The maximum atomic E-state index is 6.19. The van der Waals surface area contributed by atoms with Crippen molar-refractivity contribution in [2.24, 2.45) is 0 Å². The molecular formula is C14H22Cl2N2. The van der Waals surface area contributed by atoms with Gasteiger partial charge in [0.1, 0.15) is 0 Å². The van der Waals surface area contributed by atoms with E-state index in [0.29, 0.717) is 10.0 Å². The van der Waals surface area contributed by atoms with E-state index in [4.69, 9.17) is 23.2 Å². The maximum Gasteiger partial charge on any atom is 0.0637 e. The summed E-state index contributed by atoms with van der Waals surface area (Å²) in [6, 6.07) is 5.80. The Labute approximate surface area is 120 Å². The molecule has 102 valence electrons. The third kappa shape index (κ3) is 4.77. The van der Waals surface area contributed by atoms with Crippen molar-refractivity contribution in [2.75, 3.05) is 33.2 Å². The van der Waals surface area contributed by atoms with Crippen LogP contribution in [0.5, 0.6) is 0 Å². The van der Waals surface area contributed by atoms with Crippen LogP contribution in [0.15, 0.2) is 18.2 Å². The fraction of sp³-hybridized carbons (Fsp3) is 0.571. The molecule has 0 atom stereocenters. The minimum absolute atomic E-state index is 0.631. The van der Waals surface area contributed by atoms with E-state index in [1.54, 1.807) is 0 Å². The smallest absolute Gasteiger partial charge is 0.0637 e. The van der Waals surface area contributed by atoms with Gasteiger partial charge in [-0.3, -0.25) is 0 Å². The highest BCUT2D eigenvalue weighted by molar-refractivity contribution is 6.42. The van der Waals surface area contributed by atoms with Crippen molar-refractivity contribution < 1.29 is 0 Å². The van der Waals surface area contributed by atoms with Crippen LogP contribution in [0.1, 0.15) is 19.4 Å². The Balaban J connectivity index is 2.49. The summed E-state index contributed by atoms with van der Waals surface area (Å²) >= 11 is 12.2. The molecule has 0 aliphatic rings. The number of halogens is 2. The highest BCUT2D eigenvalue weighted by Crippen LogP contribution is 2.26. The van der Waals surface area contributed by atoms with Crippen molar-refractivity contribution in [3.8, 4) is 0 Å². The second-order valence-electron chi connectivity index (χ2n) is 4.48. The quantitative estimate of drug-likeness (QED) is 0.754. The number of nitrogens with zero attached hydrogens (tertiary/aromatic N) is 2. The lowest BCUT2D eigenvalue weighted by molar-refractivity contribution is 0.236. The Morgan fingerprint density at radius 1 is 1.06 bits per heavy atom. The molecule has 1 aromatic rings. The van der Waals surface area contributed by atoms with E-state index in [0.717, 1.165) is 38.3 Å². The average Bonchev–Trinajstić information content (AvgIpc) is 2.36. The third-order valence-corrected chi connectivity index (χ3v) is 4.02. The zero-order chi connectivity index (χ0) is 13.5. The van der Waals surface area contributed by atoms with Gasteiger partial charge in [0.05, 0.1) is 10.0 Å². The van der Waals surface area contributed by atoms with Crippen LogP contribution in [-0.2, 0) is 6.54 Å². The Hall–Kier alpha value is -0.280. The molecule has 2 nitrogen and oxygen atoms in total. The molecule has 0 saturated carbocycles. The molecule has 0 bridgehead atoms. The summed E-state index contributed by atoms with van der Waals surface area (Å²) < 4.78 is 0. The second-order valence-corrected chi connectivity index (χ2v) is 5.26. The molecule has 0 aliphatic heterocycles. The minimum Gasteiger partial charge on any atom is -0.303 e. The predicted molar refractivity (Wildman–Crippen MR) is 80.6 cm³/mol. The van der Waals surface area contributed by atoms with Gasteiger partial charge in [-0.05, 0) is 31.8 Å². The van der Waals surface area contributed by atoms with E-state index in [1.807, 2.05) is 18.2 Å². The van der Waals surface area contributed by atoms with Gasteiger partial charge in [0, 0.05) is 19.6 Å². The maximum absolute atomic E-state index is 6.19. The van der Waals surface area contributed by atoms with Crippen molar-refractivity contribution in [2.45, 2.75) is 20.4 Å². The number of rotatable bonds is 7. The summed E-state index contributed by atoms with van der Waals surface area (Å²) in [5, 5.41) is 1.31. The monoisotopic (exact) mass is 288 g/mol. The molecule has 4 heteroatoms. The van der Waals surface area contributed by atoms with Gasteiger partial charge in [-0.15, -0.1) is 0 Å². The molecule has 0 aliphatic carbocycles. The SMILES string of the molecule is CCN(CC)CCN(C)Cc1cccc(Cl)c1Cl. The standard InChI is InChI=1S/C14H22Cl2N2/c1-4-18(5-2)10-9-17(3)11-12-7-6-8-13(15)14(12)16/h6-8H,4-5,9-11H2,1-3H3. The fourth-order valence-electron chi connectivity index (χ4n) is 1.89. The topological polar surface area (TPSA) is 6.48 Å². The minimum atomic E-state index is 0.631. The lowest BCUT2D eigenvalue weighted by Gasteiger charge is -2.23. The summed E-state index contributed by atoms with van der Waals surface area (Å²) in [4.78, 5) is 4.69. The van der Waals surface area contributed by atoms with E-state index in [-0.39, 0.29) is 0 Å². The van der Waals surface area contributed by atoms with Gasteiger partial charge >= 0.3 is 0 Å². The van der Waals surface area contributed by atoms with Crippen LogP contribution in [-0.4, -0.2) is 43.0 Å². The normalized spacial score (nSPS) is 11.5. The van der Waals surface area contributed by atoms with Crippen molar-refractivity contribution in [1.29, 1.82) is 0 Å². The number of benzene rings is 1. The lowest BCUT2D eigenvalue weighted by atomic mass is 10.2. The zero-order valence-corrected chi connectivity index (χ0v) is 12.9. The Morgan fingerprint density at radius 2 is 1.72 bits per heavy atom. The fourth-order valence-corrected chi connectivity index (χ4v) is 2.27. The average molecular weight is 289 g/mol. The molecule has 0 radical (unpaired) electrons. The van der Waals surface area contributed by atoms with E-state index in [1.165, 1.54) is 0 Å². The van der Waals surface area contributed by atoms with Crippen LogP contribution in [0.3, 0.4) is 0 Å². The summed E-state index contributed by atoms with van der Waals surface area (Å²) in [5.41, 5.74) is 1.09. The van der Waals surface area contributed by atoms with E-state index in [2.05, 4.69) is 30.7 Å². The predicted octanol–water partition coefficient (Wildman–Crippen LogP) is 3.77. The highest BCUT2D eigenvalue weighted by Gasteiger charge is 2.08. The Morgan fingerprint density at radius 3 is 2.33 bits per heavy atom. The van der Waals surface area contributed by atoms with Crippen molar-refractivity contribution in [3.63, 3.8) is 0 Å². The second kappa shape index (κ2) is 8.00. The van der Waals surface area contributed by atoms with Crippen molar-refractivity contribution >= 4 is 23.2 Å². The number of hydrogen-bond acceptors (Lipinski definition) is 2. The molecule has 1 rings (SSSR count). The van der Waals surface area contributed by atoms with Gasteiger partial charge in [-0.25, -0.2) is 0 Å². The van der Waals surface area contributed by atoms with Crippen LogP contribution in [0, 0.1) is 0 Å². The van der Waals surface area contributed by atoms with Gasteiger partial charge in [0.25, 0.3) is 0 Å². The first-order valence-electron chi connectivity index (χ1n) is 6.42. The van der Waals surface area contributed by atoms with E-state index in [9.17, 15) is 0 Å². The Kier molecular flexibility index (Phi) is 7.02. The van der Waals surface area contributed by atoms with E-state index >= 15 is 0 Å². The number of hydrogen-bond donors (Lipinski definition) is 0. The van der Waals surface area contributed by atoms with Crippen LogP contribution in [0.25, 0.3) is 0 Å². The van der Waals surface area contributed by atoms with Crippen LogP contribution in [0.2, 0.25) is 10.0 Å². The molecule has 0 N–H and O–H groups in total. The molecule has 18 heavy (non-hydrogen) atoms. The van der Waals surface area contributed by atoms with Crippen LogP contribution in [0.4, 0.5) is 0 Å². The first-order valence-corrected chi connectivity index (χ1v) is 7.17. The third-order valence-electron chi connectivity index (χ3n) is 3.16. The zero-order valence-electron chi connectivity index (χ0n) is 11.4. The molecule has 0 fully saturated rings. The number of likely N-dealkylation sites (N-methyl/N-ethyl adjacent to an activating group) is 2. The molecule has 0 heterocycles. The van der Waals surface area contributed by atoms with Gasteiger partial charge in [-0.2, -0.15) is 0 Å². The molecule has 0 aromatic heterocycles. The molecule has 0 unspecified atom stereocenters. The molecule has 0 saturated heterocycles. The summed E-state index contributed by atoms with van der Waals surface area (Å²) in [5.74, 6) is 0. The van der Waals surface area contributed by atoms with Gasteiger partial charge in [-0.1, -0.05) is 49.2 Å². The van der Waals surface area contributed by atoms with Crippen molar-refractivity contribution in [1.82, 2.24) is 9.80 Å². The molecule has 0 spiro atoms. The summed E-state index contributed by atoms with van der Waals surface area (Å²) in [6.45, 7) is 9.53.